The molecule has 7 nitrogen and oxygen atoms in total. The molecule has 1 aliphatic heterocycles. The summed E-state index contributed by atoms with van der Waals surface area (Å²) in [7, 11) is -3.44. The fraction of sp³-hybridized carbons (Fsp3) is 0.321. The van der Waals surface area contributed by atoms with Gasteiger partial charge in [0.25, 0.3) is 5.91 Å². The second kappa shape index (κ2) is 11.5. The van der Waals surface area contributed by atoms with Crippen LogP contribution < -0.4 is 15.4 Å². The molecule has 3 N–H and O–H groups in total. The normalized spacial score (nSPS) is 16.6. The minimum Gasteiger partial charge on any atom is -0.489 e. The largest absolute Gasteiger partial charge is 0.489 e. The second-order valence-corrected chi connectivity index (χ2v) is 11.8. The first-order chi connectivity index (χ1) is 18.8. The standard InChI is InChI=1S/C28H28F4N2O5S/c1-2-40(37,38)21-9-3-17(4-10-21)25(35)15-23-24(12-11-22(26(23)29)27(33)36)34-14-13-20(16-34)39-19-7-5-18(6-8-19)28(30,31)32/h3-12,20,25,35H,2,13-16H2,1H3,(H2,33,36)/t20-,25+/m0/s1. The molecule has 2 atom stereocenters. The highest BCUT2D eigenvalue weighted by atomic mass is 32.2. The zero-order valence-corrected chi connectivity index (χ0v) is 22.3. The zero-order valence-electron chi connectivity index (χ0n) is 21.5. The highest BCUT2D eigenvalue weighted by Gasteiger charge is 2.31. The number of anilines is 1. The van der Waals surface area contributed by atoms with Gasteiger partial charge in [0.05, 0.1) is 34.4 Å². The number of aliphatic hydroxyl groups excluding tert-OH is 1. The van der Waals surface area contributed by atoms with E-state index in [-0.39, 0.29) is 40.5 Å². The van der Waals surface area contributed by atoms with Gasteiger partial charge in [-0.3, -0.25) is 4.79 Å². The average molecular weight is 581 g/mol. The third kappa shape index (κ3) is 6.39. The predicted octanol–water partition coefficient (Wildman–Crippen LogP) is 4.67. The van der Waals surface area contributed by atoms with Crippen LogP contribution in [0, 0.1) is 5.82 Å². The van der Waals surface area contributed by atoms with Gasteiger partial charge in [0, 0.05) is 30.6 Å². The molecule has 0 unspecified atom stereocenters. The highest BCUT2D eigenvalue weighted by Crippen LogP contribution is 2.34. The van der Waals surface area contributed by atoms with E-state index in [0.29, 0.717) is 24.2 Å². The molecular weight excluding hydrogens is 552 g/mol. The first kappa shape index (κ1) is 29.3. The lowest BCUT2D eigenvalue weighted by atomic mass is 9.97. The minimum atomic E-state index is -4.46. The van der Waals surface area contributed by atoms with Crippen LogP contribution in [0.25, 0.3) is 0 Å². The van der Waals surface area contributed by atoms with E-state index in [4.69, 9.17) is 10.5 Å². The number of nitrogens with zero attached hydrogens (tertiary/aromatic N) is 1. The van der Waals surface area contributed by atoms with E-state index in [0.717, 1.165) is 12.1 Å². The van der Waals surface area contributed by atoms with Gasteiger partial charge in [-0.05, 0) is 54.1 Å². The maximum absolute atomic E-state index is 15.5. The molecule has 0 aromatic heterocycles. The molecule has 1 aliphatic rings. The molecule has 1 amide bonds. The SMILES string of the molecule is CCS(=O)(=O)c1ccc([C@H](O)Cc2c(N3CC[C@H](Oc4ccc(C(F)(F)F)cc4)C3)ccc(C(N)=O)c2F)cc1. The summed E-state index contributed by atoms with van der Waals surface area (Å²) in [5, 5.41) is 10.9. The molecule has 1 saturated heterocycles. The number of carbonyl (C=O) groups is 1. The number of benzene rings is 3. The van der Waals surface area contributed by atoms with Crippen molar-refractivity contribution in [3.05, 3.63) is 88.7 Å². The summed E-state index contributed by atoms with van der Waals surface area (Å²) in [5.41, 5.74) is 5.02. The van der Waals surface area contributed by atoms with E-state index in [1.165, 1.54) is 55.5 Å². The van der Waals surface area contributed by atoms with Crippen LogP contribution in [-0.4, -0.2) is 44.4 Å². The van der Waals surface area contributed by atoms with Crippen LogP contribution in [0.3, 0.4) is 0 Å². The number of halogens is 4. The van der Waals surface area contributed by atoms with Crippen molar-refractivity contribution in [2.75, 3.05) is 23.7 Å². The number of hydrogen-bond donors (Lipinski definition) is 2. The van der Waals surface area contributed by atoms with E-state index in [2.05, 4.69) is 0 Å². The average Bonchev–Trinajstić information content (AvgIpc) is 3.37. The topological polar surface area (TPSA) is 110 Å². The van der Waals surface area contributed by atoms with Crippen molar-refractivity contribution >= 4 is 21.4 Å². The predicted molar refractivity (Wildman–Crippen MR) is 140 cm³/mol. The molecule has 12 heteroatoms. The number of amides is 1. The van der Waals surface area contributed by atoms with E-state index < -0.39 is 45.5 Å². The van der Waals surface area contributed by atoms with Gasteiger partial charge in [-0.15, -0.1) is 0 Å². The van der Waals surface area contributed by atoms with Gasteiger partial charge in [0.1, 0.15) is 17.7 Å². The molecule has 0 saturated carbocycles. The van der Waals surface area contributed by atoms with Crippen molar-refractivity contribution in [1.29, 1.82) is 0 Å². The Bertz CT molecular complexity index is 1480. The summed E-state index contributed by atoms with van der Waals surface area (Å²) in [6, 6.07) is 12.8. The Morgan fingerprint density at radius 1 is 1.10 bits per heavy atom. The number of nitrogens with two attached hydrogens (primary N) is 1. The first-order valence-corrected chi connectivity index (χ1v) is 14.2. The minimum absolute atomic E-state index is 0.0456. The molecule has 1 fully saturated rings. The molecule has 0 bridgehead atoms. The molecule has 0 radical (unpaired) electrons. The summed E-state index contributed by atoms with van der Waals surface area (Å²) in [6.07, 6.45) is -5.82. The van der Waals surface area contributed by atoms with Crippen molar-refractivity contribution in [3.8, 4) is 5.75 Å². The van der Waals surface area contributed by atoms with Crippen molar-refractivity contribution in [2.45, 2.75) is 43.0 Å². The molecule has 3 aromatic carbocycles. The van der Waals surface area contributed by atoms with Crippen LogP contribution in [0.2, 0.25) is 0 Å². The zero-order chi connectivity index (χ0) is 29.2. The van der Waals surface area contributed by atoms with Gasteiger partial charge in [0.2, 0.25) is 0 Å². The van der Waals surface area contributed by atoms with Crippen molar-refractivity contribution < 1.29 is 40.6 Å². The number of rotatable bonds is 9. The summed E-state index contributed by atoms with van der Waals surface area (Å²) in [6.45, 7) is 2.22. The van der Waals surface area contributed by atoms with Gasteiger partial charge in [-0.1, -0.05) is 19.1 Å². The Hall–Kier alpha value is -3.64. The van der Waals surface area contributed by atoms with Crippen LogP contribution in [-0.2, 0) is 22.4 Å². The van der Waals surface area contributed by atoms with Crippen molar-refractivity contribution in [2.24, 2.45) is 5.73 Å². The van der Waals surface area contributed by atoms with Gasteiger partial charge in [0.15, 0.2) is 9.84 Å². The smallest absolute Gasteiger partial charge is 0.416 e. The molecule has 214 valence electrons. The number of carbonyl (C=O) groups excluding carboxylic acids is 1. The van der Waals surface area contributed by atoms with Crippen LogP contribution in [0.5, 0.6) is 5.75 Å². The lowest BCUT2D eigenvalue weighted by molar-refractivity contribution is -0.137. The van der Waals surface area contributed by atoms with Crippen LogP contribution in [0.4, 0.5) is 23.2 Å². The summed E-state index contributed by atoms with van der Waals surface area (Å²) in [4.78, 5) is 13.7. The number of hydrogen-bond acceptors (Lipinski definition) is 6. The molecular formula is C28H28F4N2O5S. The van der Waals surface area contributed by atoms with Crippen molar-refractivity contribution in [1.82, 2.24) is 0 Å². The van der Waals surface area contributed by atoms with Crippen molar-refractivity contribution in [3.63, 3.8) is 0 Å². The maximum Gasteiger partial charge on any atom is 0.416 e. The monoisotopic (exact) mass is 580 g/mol. The van der Waals surface area contributed by atoms with Crippen LogP contribution in [0.1, 0.15) is 46.5 Å². The first-order valence-electron chi connectivity index (χ1n) is 12.5. The molecule has 3 aromatic rings. The fourth-order valence-corrected chi connectivity index (χ4v) is 5.51. The fourth-order valence-electron chi connectivity index (χ4n) is 4.63. The van der Waals surface area contributed by atoms with Crippen LogP contribution >= 0.6 is 0 Å². The Morgan fingerprint density at radius 2 is 1.75 bits per heavy atom. The quantitative estimate of drug-likeness (QED) is 0.356. The Labute approximate surface area is 229 Å². The van der Waals surface area contributed by atoms with E-state index >= 15 is 4.39 Å². The number of alkyl halides is 3. The Morgan fingerprint density at radius 3 is 2.33 bits per heavy atom. The second-order valence-electron chi connectivity index (χ2n) is 9.48. The number of aliphatic hydroxyl groups is 1. The third-order valence-electron chi connectivity index (χ3n) is 6.86. The number of sulfone groups is 1. The molecule has 0 spiro atoms. The van der Waals surface area contributed by atoms with Gasteiger partial charge < -0.3 is 20.5 Å². The van der Waals surface area contributed by atoms with E-state index in [9.17, 15) is 31.5 Å². The third-order valence-corrected chi connectivity index (χ3v) is 8.61. The number of primary amides is 1. The van der Waals surface area contributed by atoms with Gasteiger partial charge in [-0.25, -0.2) is 12.8 Å². The van der Waals surface area contributed by atoms with Gasteiger partial charge >= 0.3 is 6.18 Å². The number of ether oxygens (including phenoxy) is 1. The maximum atomic E-state index is 15.5. The highest BCUT2D eigenvalue weighted by molar-refractivity contribution is 7.91. The summed E-state index contributed by atoms with van der Waals surface area (Å²) >= 11 is 0. The lowest BCUT2D eigenvalue weighted by Crippen LogP contribution is -2.27. The van der Waals surface area contributed by atoms with Gasteiger partial charge in [-0.2, -0.15) is 13.2 Å². The van der Waals surface area contributed by atoms with E-state index in [1.54, 1.807) is 0 Å². The summed E-state index contributed by atoms with van der Waals surface area (Å²) in [5.74, 6) is -1.66. The molecule has 0 aliphatic carbocycles. The van der Waals surface area contributed by atoms with E-state index in [1.807, 2.05) is 4.90 Å². The Kier molecular flexibility index (Phi) is 8.41. The van der Waals surface area contributed by atoms with Crippen LogP contribution in [0.15, 0.2) is 65.6 Å². The molecule has 4 rings (SSSR count). The summed E-state index contributed by atoms with van der Waals surface area (Å²) < 4.78 is 84.1. The lowest BCUT2D eigenvalue weighted by Gasteiger charge is -2.25. The molecule has 40 heavy (non-hydrogen) atoms. The Balaban J connectivity index is 1.55. The molecule has 1 heterocycles.